The molecule has 0 aliphatic heterocycles. The third kappa shape index (κ3) is 9.85. The first-order valence-corrected chi connectivity index (χ1v) is 10.2. The van der Waals surface area contributed by atoms with Gasteiger partial charge in [0.2, 0.25) is 5.91 Å². The zero-order valence-electron chi connectivity index (χ0n) is 17.5. The van der Waals surface area contributed by atoms with Crippen LogP contribution >= 0.6 is 0 Å². The Morgan fingerprint density at radius 3 is 2.16 bits per heavy atom. The normalized spacial score (nSPS) is 12.2. The zero-order chi connectivity index (χ0) is 21.9. The second kappa shape index (κ2) is 14.2. The molecule has 0 radical (unpaired) electrons. The standard InChI is InChI=1S/C24H29NO5.Ca.2H/c1-3-30-24(29)17(2)15-21(25-22(26)13-14-23(27)28)16-18-9-11-20(12-10-18)19-7-5-4-6-8-19;;;/h4-12,17,21H,3,13-16H2,1-2H3,(H,25,26)(H,27,28);;;/t17-,21+;;;/m1.../s1. The first-order chi connectivity index (χ1) is 14.4. The summed E-state index contributed by atoms with van der Waals surface area (Å²) in [6.07, 6.45) is 0.639. The fourth-order valence-corrected chi connectivity index (χ4v) is 3.27. The van der Waals surface area contributed by atoms with Crippen molar-refractivity contribution >= 4 is 55.6 Å². The molecule has 0 bridgehead atoms. The van der Waals surface area contributed by atoms with Crippen LogP contribution in [-0.4, -0.2) is 73.3 Å². The van der Waals surface area contributed by atoms with Crippen LogP contribution in [0.25, 0.3) is 11.1 Å². The van der Waals surface area contributed by atoms with Gasteiger partial charge in [-0.1, -0.05) is 61.5 Å². The van der Waals surface area contributed by atoms with Crippen LogP contribution in [0.5, 0.6) is 0 Å². The molecule has 0 saturated heterocycles. The van der Waals surface area contributed by atoms with Crippen LogP contribution in [0.15, 0.2) is 54.6 Å². The van der Waals surface area contributed by atoms with Gasteiger partial charge in [0.05, 0.1) is 18.9 Å². The van der Waals surface area contributed by atoms with Crippen molar-refractivity contribution in [3.8, 4) is 11.1 Å². The average molecular weight is 454 g/mol. The summed E-state index contributed by atoms with van der Waals surface area (Å²) in [5.41, 5.74) is 3.24. The predicted octanol–water partition coefficient (Wildman–Crippen LogP) is 2.92. The summed E-state index contributed by atoms with van der Waals surface area (Å²) in [6.45, 7) is 3.83. The molecular formula is C24H31CaNO5. The Morgan fingerprint density at radius 2 is 1.58 bits per heavy atom. The van der Waals surface area contributed by atoms with Crippen molar-refractivity contribution in [2.45, 2.75) is 45.6 Å². The molecule has 0 spiro atoms. The van der Waals surface area contributed by atoms with E-state index in [1.807, 2.05) is 54.6 Å². The van der Waals surface area contributed by atoms with E-state index in [2.05, 4.69) is 5.32 Å². The Labute approximate surface area is 213 Å². The summed E-state index contributed by atoms with van der Waals surface area (Å²) in [4.78, 5) is 34.9. The third-order valence-corrected chi connectivity index (χ3v) is 4.80. The molecule has 0 aromatic heterocycles. The van der Waals surface area contributed by atoms with E-state index < -0.39 is 5.97 Å². The van der Waals surface area contributed by atoms with Gasteiger partial charge in [-0.05, 0) is 36.5 Å². The molecule has 164 valence electrons. The van der Waals surface area contributed by atoms with Gasteiger partial charge in [-0.3, -0.25) is 14.4 Å². The van der Waals surface area contributed by atoms with E-state index in [1.54, 1.807) is 13.8 Å². The second-order valence-electron chi connectivity index (χ2n) is 7.31. The van der Waals surface area contributed by atoms with Crippen molar-refractivity contribution in [2.75, 3.05) is 6.61 Å². The number of rotatable bonds is 11. The number of aliphatic carboxylic acids is 1. The number of benzene rings is 2. The minimum atomic E-state index is -1.02. The van der Waals surface area contributed by atoms with Gasteiger partial charge < -0.3 is 15.2 Å². The Bertz CT molecular complexity index is 839. The molecule has 2 N–H and O–H groups in total. The predicted molar refractivity (Wildman–Crippen MR) is 123 cm³/mol. The van der Waals surface area contributed by atoms with Crippen LogP contribution in [0.4, 0.5) is 0 Å². The monoisotopic (exact) mass is 453 g/mol. The van der Waals surface area contributed by atoms with Crippen LogP contribution in [-0.2, 0) is 25.5 Å². The summed E-state index contributed by atoms with van der Waals surface area (Å²) in [6, 6.07) is 17.8. The van der Waals surface area contributed by atoms with E-state index in [4.69, 9.17) is 9.84 Å². The van der Waals surface area contributed by atoms with Crippen molar-refractivity contribution in [1.82, 2.24) is 5.32 Å². The van der Waals surface area contributed by atoms with E-state index in [-0.39, 0.29) is 74.4 Å². The number of carboxylic acids is 1. The van der Waals surface area contributed by atoms with E-state index in [0.717, 1.165) is 16.7 Å². The number of esters is 1. The van der Waals surface area contributed by atoms with Gasteiger partial charge in [0.25, 0.3) is 0 Å². The third-order valence-electron chi connectivity index (χ3n) is 4.80. The van der Waals surface area contributed by atoms with Crippen molar-refractivity contribution < 1.29 is 24.2 Å². The molecule has 2 rings (SSSR count). The van der Waals surface area contributed by atoms with E-state index in [0.29, 0.717) is 19.4 Å². The molecule has 0 aliphatic rings. The summed E-state index contributed by atoms with van der Waals surface area (Å²) in [5, 5.41) is 11.7. The number of ether oxygens (including phenoxy) is 1. The molecule has 6 nitrogen and oxygen atoms in total. The van der Waals surface area contributed by atoms with Gasteiger partial charge in [-0.15, -0.1) is 0 Å². The molecule has 0 fully saturated rings. The molecule has 2 atom stereocenters. The summed E-state index contributed by atoms with van der Waals surface area (Å²) >= 11 is 0. The molecule has 1 amide bonds. The van der Waals surface area contributed by atoms with Gasteiger partial charge in [0.1, 0.15) is 0 Å². The van der Waals surface area contributed by atoms with Crippen LogP contribution in [0, 0.1) is 5.92 Å². The summed E-state index contributed by atoms with van der Waals surface area (Å²) in [5.74, 6) is -2.03. The topological polar surface area (TPSA) is 92.7 Å². The quantitative estimate of drug-likeness (QED) is 0.403. The maximum absolute atomic E-state index is 12.2. The molecule has 0 saturated carbocycles. The molecule has 0 unspecified atom stereocenters. The van der Waals surface area contributed by atoms with Crippen molar-refractivity contribution in [2.24, 2.45) is 5.92 Å². The maximum atomic E-state index is 12.2. The summed E-state index contributed by atoms with van der Waals surface area (Å²) in [7, 11) is 0. The van der Waals surface area contributed by atoms with Gasteiger partial charge in [-0.2, -0.15) is 0 Å². The van der Waals surface area contributed by atoms with E-state index in [1.165, 1.54) is 0 Å². The van der Waals surface area contributed by atoms with Gasteiger partial charge in [0.15, 0.2) is 0 Å². The van der Waals surface area contributed by atoms with Crippen LogP contribution < -0.4 is 5.32 Å². The van der Waals surface area contributed by atoms with Crippen LogP contribution in [0.2, 0.25) is 0 Å². The molecule has 2 aromatic carbocycles. The average Bonchev–Trinajstić information content (AvgIpc) is 2.73. The van der Waals surface area contributed by atoms with E-state index in [9.17, 15) is 14.4 Å². The number of carbonyl (C=O) groups is 3. The molecule has 7 heteroatoms. The van der Waals surface area contributed by atoms with Gasteiger partial charge in [-0.25, -0.2) is 0 Å². The molecule has 0 aliphatic carbocycles. The van der Waals surface area contributed by atoms with Gasteiger partial charge >= 0.3 is 49.7 Å². The Morgan fingerprint density at radius 1 is 0.968 bits per heavy atom. The number of hydrogen-bond acceptors (Lipinski definition) is 4. The number of carboxylic acid groups (broad SMARTS) is 1. The fourth-order valence-electron chi connectivity index (χ4n) is 3.27. The van der Waals surface area contributed by atoms with Crippen LogP contribution in [0.3, 0.4) is 0 Å². The van der Waals surface area contributed by atoms with Crippen molar-refractivity contribution in [3.63, 3.8) is 0 Å². The zero-order valence-corrected chi connectivity index (χ0v) is 17.5. The Hall–Kier alpha value is -1.89. The molecule has 31 heavy (non-hydrogen) atoms. The first kappa shape index (κ1) is 27.1. The van der Waals surface area contributed by atoms with E-state index >= 15 is 0 Å². The van der Waals surface area contributed by atoms with Crippen LogP contribution in [0.1, 0.15) is 38.7 Å². The Balaban J connectivity index is 0.00000480. The second-order valence-corrected chi connectivity index (χ2v) is 7.31. The minimum absolute atomic E-state index is 0. The fraction of sp³-hybridized carbons (Fsp3) is 0.375. The molecule has 0 heterocycles. The SMILES string of the molecule is CCOC(=O)[C@H](C)C[C@@H](Cc1ccc(-c2ccccc2)cc1)NC(=O)CCC(=O)O.[CaH2]. The number of hydrogen-bond donors (Lipinski definition) is 2. The van der Waals surface area contributed by atoms with Gasteiger partial charge in [0, 0.05) is 12.5 Å². The number of carbonyl (C=O) groups excluding carboxylic acids is 2. The van der Waals surface area contributed by atoms with Crippen molar-refractivity contribution in [3.05, 3.63) is 60.2 Å². The first-order valence-electron chi connectivity index (χ1n) is 10.2. The molecular weight excluding hydrogens is 422 g/mol. The van der Waals surface area contributed by atoms with Crippen molar-refractivity contribution in [1.29, 1.82) is 0 Å². The number of nitrogens with one attached hydrogen (secondary N) is 1. The molecule has 2 aromatic rings. The summed E-state index contributed by atoms with van der Waals surface area (Å²) < 4.78 is 5.07. The number of amides is 1. The Kier molecular flexibility index (Phi) is 12.5.